The number of amides is 1. The summed E-state index contributed by atoms with van der Waals surface area (Å²) in [5.74, 6) is -0.235. The largest absolute Gasteiger partial charge is 0.383 e. The van der Waals surface area contributed by atoms with E-state index in [2.05, 4.69) is 5.32 Å². The Hall–Kier alpha value is -1.06. The van der Waals surface area contributed by atoms with Crippen LogP contribution in [0, 0.1) is 13.8 Å². The zero-order chi connectivity index (χ0) is 12.1. The lowest BCUT2D eigenvalue weighted by molar-refractivity contribution is -0.116. The van der Waals surface area contributed by atoms with E-state index in [-0.39, 0.29) is 12.5 Å². The number of para-hydroxylation sites is 1. The van der Waals surface area contributed by atoms with Crippen molar-refractivity contribution in [2.24, 2.45) is 0 Å². The number of anilines is 1. The number of hydrogen-bond donors (Lipinski definition) is 1. The molecule has 88 valence electrons. The van der Waals surface area contributed by atoms with Gasteiger partial charge in [-0.2, -0.15) is 0 Å². The van der Waals surface area contributed by atoms with Crippen molar-refractivity contribution in [3.05, 3.63) is 29.3 Å². The summed E-state index contributed by atoms with van der Waals surface area (Å²) in [7, 11) is 1.52. The molecule has 16 heavy (non-hydrogen) atoms. The summed E-state index contributed by atoms with van der Waals surface area (Å²) < 4.78 is 4.83. The van der Waals surface area contributed by atoms with Crippen LogP contribution < -0.4 is 5.32 Å². The van der Waals surface area contributed by atoms with Crippen molar-refractivity contribution in [1.82, 2.24) is 0 Å². The number of methoxy groups -OCH3 is 1. The average Bonchev–Trinajstić information content (AvgIpc) is 2.23. The first-order valence-electron chi connectivity index (χ1n) is 5.06. The molecule has 0 aliphatic carbocycles. The fourth-order valence-electron chi connectivity index (χ4n) is 1.44. The number of carbonyl (C=O) groups is 1. The van der Waals surface area contributed by atoms with Gasteiger partial charge >= 0.3 is 0 Å². The fraction of sp³-hybridized carbons (Fsp3) is 0.417. The number of hydrogen-bond acceptors (Lipinski definition) is 2. The van der Waals surface area contributed by atoms with Crippen molar-refractivity contribution in [1.29, 1.82) is 0 Å². The highest BCUT2D eigenvalue weighted by atomic mass is 35.5. The van der Waals surface area contributed by atoms with E-state index in [1.165, 1.54) is 7.11 Å². The Morgan fingerprint density at radius 2 is 2.00 bits per heavy atom. The lowest BCUT2D eigenvalue weighted by Gasteiger charge is -2.13. The number of rotatable bonds is 4. The van der Waals surface area contributed by atoms with Gasteiger partial charge in [0.05, 0.1) is 6.61 Å². The molecule has 0 aliphatic rings. The molecule has 0 saturated carbocycles. The third-order valence-corrected chi connectivity index (χ3v) is 2.65. The maximum atomic E-state index is 11.7. The molecule has 0 radical (unpaired) electrons. The molecule has 4 heteroatoms. The standard InChI is InChI=1S/C12H16ClNO2/c1-8-5-4-6-9(2)11(8)14-12(15)10(13)7-16-3/h4-6,10H,7H2,1-3H3,(H,14,15). The molecule has 0 bridgehead atoms. The topological polar surface area (TPSA) is 38.3 Å². The van der Waals surface area contributed by atoms with Gasteiger partial charge in [0, 0.05) is 12.8 Å². The van der Waals surface area contributed by atoms with E-state index in [0.29, 0.717) is 0 Å². The van der Waals surface area contributed by atoms with Gasteiger partial charge < -0.3 is 10.1 Å². The minimum absolute atomic E-state index is 0.207. The van der Waals surface area contributed by atoms with E-state index in [1.54, 1.807) is 0 Å². The molecule has 0 aliphatic heterocycles. The van der Waals surface area contributed by atoms with Crippen LogP contribution in [0.25, 0.3) is 0 Å². The maximum Gasteiger partial charge on any atom is 0.244 e. The van der Waals surface area contributed by atoms with Gasteiger partial charge in [0.2, 0.25) is 5.91 Å². The van der Waals surface area contributed by atoms with Crippen LogP contribution in [0.5, 0.6) is 0 Å². The van der Waals surface area contributed by atoms with Crippen molar-refractivity contribution in [2.45, 2.75) is 19.2 Å². The van der Waals surface area contributed by atoms with Crippen LogP contribution in [-0.2, 0) is 9.53 Å². The predicted octanol–water partition coefficient (Wildman–Crippen LogP) is 2.50. The first kappa shape index (κ1) is 13.0. The summed E-state index contributed by atoms with van der Waals surface area (Å²) >= 11 is 5.85. The average molecular weight is 242 g/mol. The SMILES string of the molecule is COCC(Cl)C(=O)Nc1c(C)cccc1C. The molecule has 0 spiro atoms. The quantitative estimate of drug-likeness (QED) is 0.823. The summed E-state index contributed by atoms with van der Waals surface area (Å²) in [5, 5.41) is 2.15. The van der Waals surface area contributed by atoms with Gasteiger partial charge in [-0.1, -0.05) is 18.2 Å². The summed E-state index contributed by atoms with van der Waals surface area (Å²) in [6.07, 6.45) is 0. The smallest absolute Gasteiger partial charge is 0.244 e. The highest BCUT2D eigenvalue weighted by Gasteiger charge is 2.16. The Morgan fingerprint density at radius 3 is 2.50 bits per heavy atom. The van der Waals surface area contributed by atoms with E-state index in [9.17, 15) is 4.79 Å². The molecule has 1 rings (SSSR count). The molecule has 1 unspecified atom stereocenters. The molecule has 1 aromatic carbocycles. The molecular weight excluding hydrogens is 226 g/mol. The van der Waals surface area contributed by atoms with E-state index in [0.717, 1.165) is 16.8 Å². The maximum absolute atomic E-state index is 11.7. The van der Waals surface area contributed by atoms with Gasteiger partial charge in [-0.25, -0.2) is 0 Å². The van der Waals surface area contributed by atoms with Crippen LogP contribution in [0.1, 0.15) is 11.1 Å². The van der Waals surface area contributed by atoms with E-state index in [1.807, 2.05) is 32.0 Å². The van der Waals surface area contributed by atoms with Gasteiger partial charge in [0.15, 0.2) is 0 Å². The van der Waals surface area contributed by atoms with Crippen molar-refractivity contribution in [2.75, 3.05) is 19.0 Å². The Balaban J connectivity index is 2.77. The highest BCUT2D eigenvalue weighted by molar-refractivity contribution is 6.32. The Morgan fingerprint density at radius 1 is 1.44 bits per heavy atom. The number of nitrogens with one attached hydrogen (secondary N) is 1. The summed E-state index contributed by atoms with van der Waals surface area (Å²) in [6.45, 7) is 4.10. The van der Waals surface area contributed by atoms with Gasteiger partial charge in [-0.05, 0) is 25.0 Å². The second-order valence-corrected chi connectivity index (χ2v) is 4.21. The zero-order valence-electron chi connectivity index (χ0n) is 9.71. The number of aryl methyl sites for hydroxylation is 2. The van der Waals surface area contributed by atoms with Gasteiger partial charge in [0.25, 0.3) is 0 Å². The van der Waals surface area contributed by atoms with E-state index >= 15 is 0 Å². The first-order valence-corrected chi connectivity index (χ1v) is 5.50. The number of halogens is 1. The minimum atomic E-state index is -0.663. The monoisotopic (exact) mass is 241 g/mol. The van der Waals surface area contributed by atoms with Crippen LogP contribution in [0.2, 0.25) is 0 Å². The lowest BCUT2D eigenvalue weighted by atomic mass is 10.1. The second-order valence-electron chi connectivity index (χ2n) is 3.68. The van der Waals surface area contributed by atoms with Crippen LogP contribution in [0.15, 0.2) is 18.2 Å². The Bertz CT molecular complexity index is 359. The van der Waals surface area contributed by atoms with Crippen molar-refractivity contribution < 1.29 is 9.53 Å². The fourth-order valence-corrected chi connectivity index (χ4v) is 1.62. The zero-order valence-corrected chi connectivity index (χ0v) is 10.5. The molecule has 1 aromatic rings. The molecule has 1 atom stereocenters. The molecule has 0 saturated heterocycles. The highest BCUT2D eigenvalue weighted by Crippen LogP contribution is 2.20. The summed E-state index contributed by atoms with van der Waals surface area (Å²) in [5.41, 5.74) is 2.87. The second kappa shape index (κ2) is 5.87. The number of ether oxygens (including phenoxy) is 1. The molecule has 1 amide bonds. The number of alkyl halides is 1. The normalized spacial score (nSPS) is 12.2. The first-order chi connectivity index (χ1) is 7.56. The van der Waals surface area contributed by atoms with E-state index < -0.39 is 5.38 Å². The molecule has 0 heterocycles. The molecule has 0 fully saturated rings. The summed E-state index contributed by atoms with van der Waals surface area (Å²) in [4.78, 5) is 11.7. The number of carbonyl (C=O) groups excluding carboxylic acids is 1. The van der Waals surface area contributed by atoms with E-state index in [4.69, 9.17) is 16.3 Å². The molecular formula is C12H16ClNO2. The van der Waals surface area contributed by atoms with Gasteiger partial charge in [0.1, 0.15) is 5.38 Å². The van der Waals surface area contributed by atoms with Crippen LogP contribution >= 0.6 is 11.6 Å². The molecule has 0 aromatic heterocycles. The van der Waals surface area contributed by atoms with Crippen LogP contribution in [0.4, 0.5) is 5.69 Å². The van der Waals surface area contributed by atoms with Gasteiger partial charge in [-0.15, -0.1) is 11.6 Å². The minimum Gasteiger partial charge on any atom is -0.383 e. The Kier molecular flexibility index (Phi) is 4.77. The Labute approximate surface area is 101 Å². The van der Waals surface area contributed by atoms with Crippen LogP contribution in [-0.4, -0.2) is 25.0 Å². The van der Waals surface area contributed by atoms with Crippen molar-refractivity contribution >= 4 is 23.2 Å². The lowest BCUT2D eigenvalue weighted by Crippen LogP contribution is -2.27. The summed E-state index contributed by atoms with van der Waals surface area (Å²) in [6, 6.07) is 5.85. The number of benzene rings is 1. The third-order valence-electron chi connectivity index (χ3n) is 2.33. The van der Waals surface area contributed by atoms with Crippen molar-refractivity contribution in [3.63, 3.8) is 0 Å². The van der Waals surface area contributed by atoms with Gasteiger partial charge in [-0.3, -0.25) is 4.79 Å². The van der Waals surface area contributed by atoms with Crippen LogP contribution in [0.3, 0.4) is 0 Å². The predicted molar refractivity (Wildman–Crippen MR) is 66.1 cm³/mol. The molecule has 1 N–H and O–H groups in total. The third kappa shape index (κ3) is 3.22. The van der Waals surface area contributed by atoms with Crippen molar-refractivity contribution in [3.8, 4) is 0 Å². The molecule has 3 nitrogen and oxygen atoms in total.